The molecular weight excluding hydrogens is 238 g/mol. The summed E-state index contributed by atoms with van der Waals surface area (Å²) in [5.41, 5.74) is 1.29. The fraction of sp³-hybridized carbons (Fsp3) is 0.667. The van der Waals surface area contributed by atoms with Gasteiger partial charge in [0.25, 0.3) is 0 Å². The van der Waals surface area contributed by atoms with Crippen LogP contribution in [0.2, 0.25) is 0 Å². The van der Waals surface area contributed by atoms with Gasteiger partial charge in [-0.05, 0) is 50.9 Å². The lowest BCUT2D eigenvalue weighted by molar-refractivity contribution is -0.0363. The van der Waals surface area contributed by atoms with Crippen molar-refractivity contribution >= 4 is 5.69 Å². The van der Waals surface area contributed by atoms with Gasteiger partial charge >= 0.3 is 0 Å². The number of nitrogens with one attached hydrogen (secondary N) is 1. The first-order valence-corrected chi connectivity index (χ1v) is 7.43. The van der Waals surface area contributed by atoms with E-state index in [2.05, 4.69) is 27.3 Å². The molecule has 0 unspecified atom stereocenters. The Morgan fingerprint density at radius 1 is 1.00 bits per heavy atom. The van der Waals surface area contributed by atoms with Crippen molar-refractivity contribution in [3.05, 3.63) is 24.5 Å². The molecule has 3 rings (SSSR count). The SMILES string of the molecule is c1cc(N2CCC(OC3CCNCC3)CC2)ccn1. The third kappa shape index (κ3) is 3.45. The molecule has 0 saturated carbocycles. The van der Waals surface area contributed by atoms with Gasteiger partial charge in [-0.3, -0.25) is 4.98 Å². The molecule has 2 aliphatic heterocycles. The van der Waals surface area contributed by atoms with Crippen LogP contribution in [0.25, 0.3) is 0 Å². The minimum Gasteiger partial charge on any atom is -0.375 e. The van der Waals surface area contributed by atoms with Gasteiger partial charge in [-0.15, -0.1) is 0 Å². The highest BCUT2D eigenvalue weighted by Gasteiger charge is 2.23. The van der Waals surface area contributed by atoms with Gasteiger partial charge in [0.1, 0.15) is 0 Å². The minimum atomic E-state index is 0.459. The molecule has 2 fully saturated rings. The molecule has 1 aromatic rings. The Hall–Kier alpha value is -1.13. The van der Waals surface area contributed by atoms with E-state index in [9.17, 15) is 0 Å². The molecule has 4 nitrogen and oxygen atoms in total. The maximum atomic E-state index is 6.24. The van der Waals surface area contributed by atoms with Crippen LogP contribution in [0.15, 0.2) is 24.5 Å². The van der Waals surface area contributed by atoms with Crippen molar-refractivity contribution in [2.24, 2.45) is 0 Å². The molecule has 1 N–H and O–H groups in total. The third-order valence-electron chi connectivity index (χ3n) is 4.14. The number of aromatic nitrogens is 1. The molecule has 0 aliphatic carbocycles. The monoisotopic (exact) mass is 261 g/mol. The number of rotatable bonds is 3. The highest BCUT2D eigenvalue weighted by atomic mass is 16.5. The Bertz CT molecular complexity index is 370. The van der Waals surface area contributed by atoms with Gasteiger partial charge < -0.3 is 15.0 Å². The van der Waals surface area contributed by atoms with E-state index < -0.39 is 0 Å². The Morgan fingerprint density at radius 3 is 2.32 bits per heavy atom. The Balaban J connectivity index is 1.46. The quantitative estimate of drug-likeness (QED) is 0.900. The van der Waals surface area contributed by atoms with Crippen LogP contribution < -0.4 is 10.2 Å². The predicted octanol–water partition coefficient (Wildman–Crippen LogP) is 1.82. The maximum Gasteiger partial charge on any atom is 0.0612 e. The van der Waals surface area contributed by atoms with E-state index in [1.54, 1.807) is 0 Å². The Morgan fingerprint density at radius 2 is 1.63 bits per heavy atom. The fourth-order valence-corrected chi connectivity index (χ4v) is 3.01. The van der Waals surface area contributed by atoms with E-state index >= 15 is 0 Å². The first-order valence-electron chi connectivity index (χ1n) is 7.43. The third-order valence-corrected chi connectivity index (χ3v) is 4.14. The Kier molecular flexibility index (Phi) is 4.30. The summed E-state index contributed by atoms with van der Waals surface area (Å²) in [5, 5.41) is 3.39. The standard InChI is InChI=1S/C15H23N3O/c1-7-16-8-2-13(1)18-11-5-15(6-12-18)19-14-3-9-17-10-4-14/h1-2,7-8,14-15,17H,3-6,9-12H2. The van der Waals surface area contributed by atoms with Crippen LogP contribution in [0, 0.1) is 0 Å². The highest BCUT2D eigenvalue weighted by molar-refractivity contribution is 5.44. The first kappa shape index (κ1) is 12.9. The van der Waals surface area contributed by atoms with E-state index in [1.807, 2.05) is 12.4 Å². The minimum absolute atomic E-state index is 0.459. The maximum absolute atomic E-state index is 6.24. The fourth-order valence-electron chi connectivity index (χ4n) is 3.01. The van der Waals surface area contributed by atoms with Crippen molar-refractivity contribution in [3.8, 4) is 0 Å². The Labute approximate surface area is 115 Å². The van der Waals surface area contributed by atoms with Crippen molar-refractivity contribution in [1.82, 2.24) is 10.3 Å². The van der Waals surface area contributed by atoms with Gasteiger partial charge in [-0.2, -0.15) is 0 Å². The molecule has 2 saturated heterocycles. The van der Waals surface area contributed by atoms with Crippen LogP contribution in [0.4, 0.5) is 5.69 Å². The zero-order valence-corrected chi connectivity index (χ0v) is 11.4. The molecule has 0 aromatic carbocycles. The molecular formula is C15H23N3O. The average Bonchev–Trinajstić information content (AvgIpc) is 2.50. The molecule has 4 heteroatoms. The largest absolute Gasteiger partial charge is 0.375 e. The van der Waals surface area contributed by atoms with Crippen molar-refractivity contribution < 1.29 is 4.74 Å². The number of nitrogens with zero attached hydrogens (tertiary/aromatic N) is 2. The van der Waals surface area contributed by atoms with Gasteiger partial charge in [-0.25, -0.2) is 0 Å². The van der Waals surface area contributed by atoms with Crippen LogP contribution in [0.1, 0.15) is 25.7 Å². The van der Waals surface area contributed by atoms with Crippen LogP contribution >= 0.6 is 0 Å². The second kappa shape index (κ2) is 6.35. The van der Waals surface area contributed by atoms with Crippen molar-refractivity contribution in [1.29, 1.82) is 0 Å². The summed E-state index contributed by atoms with van der Waals surface area (Å²) in [7, 11) is 0. The second-order valence-electron chi connectivity index (χ2n) is 5.48. The summed E-state index contributed by atoms with van der Waals surface area (Å²) >= 11 is 0. The lowest BCUT2D eigenvalue weighted by atomic mass is 10.0. The summed E-state index contributed by atoms with van der Waals surface area (Å²) in [5.74, 6) is 0. The average molecular weight is 261 g/mol. The number of piperidine rings is 2. The van der Waals surface area contributed by atoms with Gasteiger partial charge in [0.15, 0.2) is 0 Å². The topological polar surface area (TPSA) is 37.4 Å². The van der Waals surface area contributed by atoms with E-state index in [0.717, 1.165) is 39.0 Å². The van der Waals surface area contributed by atoms with E-state index in [0.29, 0.717) is 12.2 Å². The zero-order valence-electron chi connectivity index (χ0n) is 11.4. The molecule has 0 atom stereocenters. The van der Waals surface area contributed by atoms with Gasteiger partial charge in [0.2, 0.25) is 0 Å². The predicted molar refractivity (Wildman–Crippen MR) is 76.4 cm³/mol. The highest BCUT2D eigenvalue weighted by Crippen LogP contribution is 2.22. The van der Waals surface area contributed by atoms with Crippen molar-refractivity contribution in [2.75, 3.05) is 31.1 Å². The van der Waals surface area contributed by atoms with Crippen LogP contribution in [0.5, 0.6) is 0 Å². The zero-order chi connectivity index (χ0) is 12.9. The number of anilines is 1. The molecule has 2 aliphatic rings. The normalized spacial score (nSPS) is 22.6. The summed E-state index contributed by atoms with van der Waals surface area (Å²) in [6.45, 7) is 4.42. The van der Waals surface area contributed by atoms with Crippen molar-refractivity contribution in [2.45, 2.75) is 37.9 Å². The number of hydrogen-bond acceptors (Lipinski definition) is 4. The molecule has 19 heavy (non-hydrogen) atoms. The second-order valence-corrected chi connectivity index (χ2v) is 5.48. The van der Waals surface area contributed by atoms with Crippen molar-refractivity contribution in [3.63, 3.8) is 0 Å². The molecule has 0 amide bonds. The smallest absolute Gasteiger partial charge is 0.0612 e. The van der Waals surface area contributed by atoms with Crippen LogP contribution in [0.3, 0.4) is 0 Å². The molecule has 0 spiro atoms. The number of ether oxygens (including phenoxy) is 1. The summed E-state index contributed by atoms with van der Waals surface area (Å²) < 4.78 is 6.24. The summed E-state index contributed by atoms with van der Waals surface area (Å²) in [6.07, 6.45) is 9.31. The van der Waals surface area contributed by atoms with E-state index in [1.165, 1.54) is 18.5 Å². The van der Waals surface area contributed by atoms with Gasteiger partial charge in [-0.1, -0.05) is 0 Å². The molecule has 0 radical (unpaired) electrons. The number of pyridine rings is 1. The van der Waals surface area contributed by atoms with E-state index in [4.69, 9.17) is 4.74 Å². The van der Waals surface area contributed by atoms with Gasteiger partial charge in [0.05, 0.1) is 12.2 Å². The lowest BCUT2D eigenvalue weighted by Gasteiger charge is -2.36. The molecule has 0 bridgehead atoms. The molecule has 3 heterocycles. The van der Waals surface area contributed by atoms with Crippen LogP contribution in [-0.4, -0.2) is 43.4 Å². The number of hydrogen-bond donors (Lipinski definition) is 1. The summed E-state index contributed by atoms with van der Waals surface area (Å²) in [6, 6.07) is 4.18. The molecule has 104 valence electrons. The van der Waals surface area contributed by atoms with Crippen LogP contribution in [-0.2, 0) is 4.74 Å². The lowest BCUT2D eigenvalue weighted by Crippen LogP contribution is -2.40. The first-order chi connectivity index (χ1) is 9.42. The summed E-state index contributed by atoms with van der Waals surface area (Å²) in [4.78, 5) is 6.51. The molecule has 1 aromatic heterocycles. The van der Waals surface area contributed by atoms with Gasteiger partial charge in [0, 0.05) is 31.2 Å². The van der Waals surface area contributed by atoms with E-state index in [-0.39, 0.29) is 0 Å².